The number of hydrogen-bond acceptors (Lipinski definition) is 3. The first-order valence-electron chi connectivity index (χ1n) is 6.44. The molecule has 0 radical (unpaired) electrons. The van der Waals surface area contributed by atoms with Gasteiger partial charge in [-0.05, 0) is 31.6 Å². The van der Waals surface area contributed by atoms with Crippen LogP contribution in [0.3, 0.4) is 0 Å². The van der Waals surface area contributed by atoms with E-state index in [1.54, 1.807) is 0 Å². The molecule has 0 aromatic heterocycles. The highest BCUT2D eigenvalue weighted by Gasteiger charge is 2.42. The molecule has 1 spiro atoms. The standard InChI is InChI=1S/C12H20F3NO2/c13-12(14,15)8-10(16)9-1-4-18-11(7-9)2-5-17-6-3-11/h9-10H,1-8,16H2. The second-order valence-electron chi connectivity index (χ2n) is 5.38. The lowest BCUT2D eigenvalue weighted by Crippen LogP contribution is -2.49. The fourth-order valence-corrected chi connectivity index (χ4v) is 2.96. The monoisotopic (exact) mass is 267 g/mol. The SMILES string of the molecule is NC(CC(F)(F)F)C1CCOC2(CCOCC2)C1. The molecule has 2 N–H and O–H groups in total. The first kappa shape index (κ1) is 14.1. The van der Waals surface area contributed by atoms with Gasteiger partial charge in [0, 0.05) is 25.9 Å². The van der Waals surface area contributed by atoms with E-state index in [1.165, 1.54) is 0 Å². The van der Waals surface area contributed by atoms with Crippen molar-refractivity contribution in [2.45, 2.75) is 49.9 Å². The van der Waals surface area contributed by atoms with Crippen molar-refractivity contribution >= 4 is 0 Å². The first-order chi connectivity index (χ1) is 8.40. The van der Waals surface area contributed by atoms with Crippen LogP contribution in [0.25, 0.3) is 0 Å². The molecule has 2 fully saturated rings. The Bertz CT molecular complexity index is 271. The van der Waals surface area contributed by atoms with E-state index in [0.717, 1.165) is 12.8 Å². The summed E-state index contributed by atoms with van der Waals surface area (Å²) in [7, 11) is 0. The van der Waals surface area contributed by atoms with Crippen LogP contribution in [0.15, 0.2) is 0 Å². The van der Waals surface area contributed by atoms with Crippen molar-refractivity contribution < 1.29 is 22.6 Å². The lowest BCUT2D eigenvalue weighted by molar-refractivity contribution is -0.164. The average Bonchev–Trinajstić information content (AvgIpc) is 2.28. The van der Waals surface area contributed by atoms with Crippen LogP contribution < -0.4 is 5.73 Å². The molecule has 2 unspecified atom stereocenters. The zero-order chi connectivity index (χ0) is 13.2. The highest BCUT2D eigenvalue weighted by atomic mass is 19.4. The van der Waals surface area contributed by atoms with E-state index < -0.39 is 18.6 Å². The Labute approximate surface area is 105 Å². The van der Waals surface area contributed by atoms with Crippen LogP contribution in [-0.2, 0) is 9.47 Å². The average molecular weight is 267 g/mol. The maximum absolute atomic E-state index is 12.4. The molecule has 3 nitrogen and oxygen atoms in total. The number of rotatable bonds is 2. The van der Waals surface area contributed by atoms with Gasteiger partial charge in [-0.25, -0.2) is 0 Å². The van der Waals surface area contributed by atoms with E-state index in [9.17, 15) is 13.2 Å². The Morgan fingerprint density at radius 3 is 2.50 bits per heavy atom. The normalized spacial score (nSPS) is 30.3. The van der Waals surface area contributed by atoms with E-state index in [1.807, 2.05) is 0 Å². The zero-order valence-electron chi connectivity index (χ0n) is 10.3. The summed E-state index contributed by atoms with van der Waals surface area (Å²) < 4.78 is 48.2. The summed E-state index contributed by atoms with van der Waals surface area (Å²) in [6.45, 7) is 1.76. The summed E-state index contributed by atoms with van der Waals surface area (Å²) in [5.41, 5.74) is 5.43. The second kappa shape index (κ2) is 5.35. The van der Waals surface area contributed by atoms with Gasteiger partial charge in [-0.2, -0.15) is 13.2 Å². The summed E-state index contributed by atoms with van der Waals surface area (Å²) >= 11 is 0. The minimum Gasteiger partial charge on any atom is -0.381 e. The highest BCUT2D eigenvalue weighted by Crippen LogP contribution is 2.39. The van der Waals surface area contributed by atoms with Crippen LogP contribution in [-0.4, -0.2) is 37.6 Å². The molecule has 2 aliphatic rings. The van der Waals surface area contributed by atoms with Gasteiger partial charge in [0.2, 0.25) is 0 Å². The van der Waals surface area contributed by atoms with Crippen molar-refractivity contribution in [2.24, 2.45) is 11.7 Å². The van der Waals surface area contributed by atoms with Crippen molar-refractivity contribution in [3.05, 3.63) is 0 Å². The van der Waals surface area contributed by atoms with Crippen LogP contribution in [0, 0.1) is 5.92 Å². The van der Waals surface area contributed by atoms with Crippen LogP contribution >= 0.6 is 0 Å². The molecule has 0 saturated carbocycles. The molecule has 2 rings (SSSR count). The Morgan fingerprint density at radius 1 is 1.22 bits per heavy atom. The number of alkyl halides is 3. The third kappa shape index (κ3) is 3.59. The predicted molar refractivity (Wildman–Crippen MR) is 60.1 cm³/mol. The molecule has 18 heavy (non-hydrogen) atoms. The van der Waals surface area contributed by atoms with E-state index >= 15 is 0 Å². The zero-order valence-corrected chi connectivity index (χ0v) is 10.3. The molecule has 6 heteroatoms. The predicted octanol–water partition coefficient (Wildman–Crippen LogP) is 2.24. The maximum atomic E-state index is 12.4. The van der Waals surface area contributed by atoms with E-state index in [2.05, 4.69) is 0 Å². The largest absolute Gasteiger partial charge is 0.390 e. The molecule has 0 bridgehead atoms. The van der Waals surface area contributed by atoms with Crippen molar-refractivity contribution in [2.75, 3.05) is 19.8 Å². The second-order valence-corrected chi connectivity index (χ2v) is 5.38. The molecule has 2 atom stereocenters. The molecule has 2 heterocycles. The number of nitrogens with two attached hydrogens (primary N) is 1. The molecule has 106 valence electrons. The number of hydrogen-bond donors (Lipinski definition) is 1. The van der Waals surface area contributed by atoms with Crippen molar-refractivity contribution in [1.82, 2.24) is 0 Å². The molecule has 0 aromatic rings. The molecule has 0 aliphatic carbocycles. The summed E-state index contributed by atoms with van der Waals surface area (Å²) in [5.74, 6) is -0.0986. The Kier molecular flexibility index (Phi) is 4.18. The van der Waals surface area contributed by atoms with Gasteiger partial charge in [-0.15, -0.1) is 0 Å². The summed E-state index contributed by atoms with van der Waals surface area (Å²) in [6, 6.07) is -0.811. The van der Waals surface area contributed by atoms with Crippen molar-refractivity contribution in [3.8, 4) is 0 Å². The number of halogens is 3. The van der Waals surface area contributed by atoms with Crippen LogP contribution in [0.5, 0.6) is 0 Å². The summed E-state index contributed by atoms with van der Waals surface area (Å²) in [4.78, 5) is 0. The van der Waals surface area contributed by atoms with Crippen LogP contribution in [0.4, 0.5) is 13.2 Å². The van der Waals surface area contributed by atoms with Crippen molar-refractivity contribution in [1.29, 1.82) is 0 Å². The molecular weight excluding hydrogens is 247 g/mol. The third-order valence-corrected chi connectivity index (χ3v) is 4.01. The quantitative estimate of drug-likeness (QED) is 0.834. The lowest BCUT2D eigenvalue weighted by atomic mass is 9.77. The van der Waals surface area contributed by atoms with E-state index in [-0.39, 0.29) is 11.5 Å². The summed E-state index contributed by atoms with van der Waals surface area (Å²) in [5, 5.41) is 0. The number of ether oxygens (including phenoxy) is 2. The van der Waals surface area contributed by atoms with Crippen LogP contribution in [0.1, 0.15) is 32.1 Å². The molecular formula is C12H20F3NO2. The minimum atomic E-state index is -4.18. The first-order valence-corrected chi connectivity index (χ1v) is 6.44. The van der Waals surface area contributed by atoms with Crippen molar-refractivity contribution in [3.63, 3.8) is 0 Å². The smallest absolute Gasteiger partial charge is 0.381 e. The molecule has 0 aromatic carbocycles. The maximum Gasteiger partial charge on any atom is 0.390 e. The molecule has 2 saturated heterocycles. The van der Waals surface area contributed by atoms with Gasteiger partial charge in [0.15, 0.2) is 0 Å². The Hall–Kier alpha value is -0.330. The van der Waals surface area contributed by atoms with Gasteiger partial charge in [0.05, 0.1) is 12.0 Å². The van der Waals surface area contributed by atoms with Gasteiger partial charge >= 0.3 is 6.18 Å². The topological polar surface area (TPSA) is 44.5 Å². The highest BCUT2D eigenvalue weighted by molar-refractivity contribution is 4.92. The summed E-state index contributed by atoms with van der Waals surface area (Å²) in [6.07, 6.45) is -2.29. The van der Waals surface area contributed by atoms with E-state index in [0.29, 0.717) is 32.7 Å². The fraction of sp³-hybridized carbons (Fsp3) is 1.00. The Balaban J connectivity index is 1.93. The lowest BCUT2D eigenvalue weighted by Gasteiger charge is -2.44. The van der Waals surface area contributed by atoms with E-state index in [4.69, 9.17) is 15.2 Å². The van der Waals surface area contributed by atoms with Gasteiger partial charge in [-0.3, -0.25) is 0 Å². The van der Waals surface area contributed by atoms with Gasteiger partial charge in [0.1, 0.15) is 0 Å². The minimum absolute atomic E-state index is 0.0986. The fourth-order valence-electron chi connectivity index (χ4n) is 2.96. The van der Waals surface area contributed by atoms with Gasteiger partial charge < -0.3 is 15.2 Å². The third-order valence-electron chi connectivity index (χ3n) is 4.01. The molecule has 0 amide bonds. The Morgan fingerprint density at radius 2 is 1.89 bits per heavy atom. The van der Waals surface area contributed by atoms with Gasteiger partial charge in [-0.1, -0.05) is 0 Å². The molecule has 2 aliphatic heterocycles. The van der Waals surface area contributed by atoms with Gasteiger partial charge in [0.25, 0.3) is 0 Å². The van der Waals surface area contributed by atoms with Crippen LogP contribution in [0.2, 0.25) is 0 Å².